The first-order valence-corrected chi connectivity index (χ1v) is 9.28. The van der Waals surface area contributed by atoms with E-state index in [0.717, 1.165) is 35.1 Å². The molecule has 6 nitrogen and oxygen atoms in total. The fourth-order valence-corrected chi connectivity index (χ4v) is 3.60. The standard InChI is InChI=1S/C21H23N5O/c1-5-13-6-7-16-14(8-13)12(2)23-20(24-16)26-19-22-11-15-17(25-19)9-21(3,4)10-18(15)27/h6-8,11H,5,9-10H2,1-4H3,(H,22,23,24,25,26). The van der Waals surface area contributed by atoms with Crippen molar-refractivity contribution in [2.45, 2.75) is 47.0 Å². The van der Waals surface area contributed by atoms with Gasteiger partial charge in [-0.1, -0.05) is 26.8 Å². The van der Waals surface area contributed by atoms with Crippen molar-refractivity contribution in [1.29, 1.82) is 0 Å². The van der Waals surface area contributed by atoms with Crippen molar-refractivity contribution in [3.05, 3.63) is 46.9 Å². The zero-order valence-electron chi connectivity index (χ0n) is 16.1. The maximum atomic E-state index is 12.3. The van der Waals surface area contributed by atoms with E-state index in [2.05, 4.69) is 58.2 Å². The van der Waals surface area contributed by atoms with E-state index in [9.17, 15) is 4.79 Å². The van der Waals surface area contributed by atoms with E-state index in [1.54, 1.807) is 6.20 Å². The van der Waals surface area contributed by atoms with Gasteiger partial charge in [-0.05, 0) is 42.9 Å². The molecule has 0 unspecified atom stereocenters. The van der Waals surface area contributed by atoms with E-state index in [-0.39, 0.29) is 11.2 Å². The lowest BCUT2D eigenvalue weighted by Crippen LogP contribution is -2.28. The summed E-state index contributed by atoms with van der Waals surface area (Å²) in [6, 6.07) is 6.24. The first kappa shape index (κ1) is 17.5. The number of aryl methyl sites for hydroxylation is 2. The van der Waals surface area contributed by atoms with Crippen LogP contribution in [-0.2, 0) is 12.8 Å². The lowest BCUT2D eigenvalue weighted by atomic mass is 9.76. The minimum absolute atomic E-state index is 0.0806. The van der Waals surface area contributed by atoms with Gasteiger partial charge in [0, 0.05) is 18.0 Å². The summed E-state index contributed by atoms with van der Waals surface area (Å²) in [5.41, 5.74) is 4.40. The molecule has 0 amide bonds. The van der Waals surface area contributed by atoms with Gasteiger partial charge in [0.1, 0.15) is 0 Å². The van der Waals surface area contributed by atoms with Gasteiger partial charge in [-0.25, -0.2) is 19.9 Å². The largest absolute Gasteiger partial charge is 0.294 e. The summed E-state index contributed by atoms with van der Waals surface area (Å²) in [5, 5.41) is 4.16. The van der Waals surface area contributed by atoms with Gasteiger partial charge in [0.2, 0.25) is 11.9 Å². The first-order chi connectivity index (χ1) is 12.8. The van der Waals surface area contributed by atoms with Crippen LogP contribution in [0.2, 0.25) is 0 Å². The van der Waals surface area contributed by atoms with Crippen LogP contribution in [0, 0.1) is 12.3 Å². The van der Waals surface area contributed by atoms with Crippen LogP contribution in [-0.4, -0.2) is 25.7 Å². The highest BCUT2D eigenvalue weighted by atomic mass is 16.1. The Hall–Kier alpha value is -2.89. The molecule has 27 heavy (non-hydrogen) atoms. The summed E-state index contributed by atoms with van der Waals surface area (Å²) in [5.74, 6) is 0.992. The Bertz CT molecular complexity index is 1060. The number of rotatable bonds is 3. The summed E-state index contributed by atoms with van der Waals surface area (Å²) >= 11 is 0. The third kappa shape index (κ3) is 3.39. The summed E-state index contributed by atoms with van der Waals surface area (Å²) in [6.07, 6.45) is 3.88. The molecule has 2 heterocycles. The number of carbonyl (C=O) groups excluding carboxylic acids is 1. The third-order valence-corrected chi connectivity index (χ3v) is 5.04. The van der Waals surface area contributed by atoms with E-state index in [1.807, 2.05) is 13.0 Å². The highest BCUT2D eigenvalue weighted by molar-refractivity contribution is 5.98. The van der Waals surface area contributed by atoms with Crippen molar-refractivity contribution in [1.82, 2.24) is 19.9 Å². The predicted octanol–water partition coefficient (Wildman–Crippen LogP) is 4.19. The Morgan fingerprint density at radius 3 is 2.70 bits per heavy atom. The van der Waals surface area contributed by atoms with Gasteiger partial charge < -0.3 is 0 Å². The molecular formula is C21H23N5O. The van der Waals surface area contributed by atoms with Gasteiger partial charge in [-0.15, -0.1) is 0 Å². The summed E-state index contributed by atoms with van der Waals surface area (Å²) < 4.78 is 0. The number of ketones is 1. The van der Waals surface area contributed by atoms with E-state index < -0.39 is 0 Å². The second-order valence-electron chi connectivity index (χ2n) is 7.96. The fourth-order valence-electron chi connectivity index (χ4n) is 3.60. The summed E-state index contributed by atoms with van der Waals surface area (Å²) in [7, 11) is 0. The molecule has 3 aromatic rings. The van der Waals surface area contributed by atoms with E-state index in [0.29, 0.717) is 23.9 Å². The molecule has 1 aliphatic rings. The number of Topliss-reactive ketones (excluding diaryl/α,β-unsaturated/α-hetero) is 1. The van der Waals surface area contributed by atoms with Crippen LogP contribution in [0.25, 0.3) is 10.9 Å². The van der Waals surface area contributed by atoms with Gasteiger partial charge in [0.25, 0.3) is 0 Å². The number of nitrogens with one attached hydrogen (secondary N) is 1. The number of anilines is 2. The molecule has 1 N–H and O–H groups in total. The van der Waals surface area contributed by atoms with Gasteiger partial charge in [0.05, 0.1) is 22.5 Å². The number of carbonyl (C=O) groups is 1. The van der Waals surface area contributed by atoms with Crippen LogP contribution in [0.3, 0.4) is 0 Å². The number of benzene rings is 1. The monoisotopic (exact) mass is 361 g/mol. The van der Waals surface area contributed by atoms with Gasteiger partial charge >= 0.3 is 0 Å². The van der Waals surface area contributed by atoms with Crippen molar-refractivity contribution in [2.75, 3.05) is 5.32 Å². The number of hydrogen-bond donors (Lipinski definition) is 1. The molecule has 0 fully saturated rings. The predicted molar refractivity (Wildman–Crippen MR) is 105 cm³/mol. The first-order valence-electron chi connectivity index (χ1n) is 9.28. The normalized spacial score (nSPS) is 15.6. The molecule has 138 valence electrons. The molecule has 0 bridgehead atoms. The SMILES string of the molecule is CCc1ccc2nc(Nc3ncc4c(n3)CC(C)(C)CC4=O)nc(C)c2c1. The van der Waals surface area contributed by atoms with E-state index in [1.165, 1.54) is 5.56 Å². The van der Waals surface area contributed by atoms with Crippen LogP contribution in [0.1, 0.15) is 54.5 Å². The average Bonchev–Trinajstić information content (AvgIpc) is 2.60. The molecule has 0 saturated carbocycles. The van der Waals surface area contributed by atoms with Crippen molar-refractivity contribution in [2.24, 2.45) is 5.41 Å². The van der Waals surface area contributed by atoms with Crippen molar-refractivity contribution >= 4 is 28.6 Å². The van der Waals surface area contributed by atoms with Gasteiger partial charge in [-0.2, -0.15) is 0 Å². The molecule has 6 heteroatoms. The fraction of sp³-hybridized carbons (Fsp3) is 0.381. The highest BCUT2D eigenvalue weighted by Gasteiger charge is 2.32. The lowest BCUT2D eigenvalue weighted by molar-refractivity contribution is 0.0910. The Morgan fingerprint density at radius 1 is 1.11 bits per heavy atom. The molecule has 0 aliphatic heterocycles. The summed E-state index contributed by atoms with van der Waals surface area (Å²) in [4.78, 5) is 30.3. The van der Waals surface area contributed by atoms with Crippen molar-refractivity contribution < 1.29 is 4.79 Å². The van der Waals surface area contributed by atoms with Gasteiger partial charge in [-0.3, -0.25) is 10.1 Å². The zero-order valence-corrected chi connectivity index (χ0v) is 16.1. The second kappa shape index (κ2) is 6.37. The zero-order chi connectivity index (χ0) is 19.2. The minimum atomic E-state index is -0.0806. The van der Waals surface area contributed by atoms with Crippen LogP contribution in [0.5, 0.6) is 0 Å². The lowest BCUT2D eigenvalue weighted by Gasteiger charge is -2.29. The van der Waals surface area contributed by atoms with E-state index >= 15 is 0 Å². The molecule has 0 saturated heterocycles. The van der Waals surface area contributed by atoms with Gasteiger partial charge in [0.15, 0.2) is 5.78 Å². The van der Waals surface area contributed by atoms with Crippen molar-refractivity contribution in [3.8, 4) is 0 Å². The second-order valence-corrected chi connectivity index (χ2v) is 7.96. The smallest absolute Gasteiger partial charge is 0.230 e. The number of hydrogen-bond acceptors (Lipinski definition) is 6. The number of fused-ring (bicyclic) bond motifs is 2. The average molecular weight is 361 g/mol. The van der Waals surface area contributed by atoms with Crippen LogP contribution in [0.15, 0.2) is 24.4 Å². The molecular weight excluding hydrogens is 338 g/mol. The Morgan fingerprint density at radius 2 is 1.93 bits per heavy atom. The molecule has 1 aromatic carbocycles. The van der Waals surface area contributed by atoms with Crippen LogP contribution < -0.4 is 5.32 Å². The van der Waals surface area contributed by atoms with Crippen molar-refractivity contribution in [3.63, 3.8) is 0 Å². The molecule has 4 rings (SSSR count). The number of aromatic nitrogens is 4. The minimum Gasteiger partial charge on any atom is -0.294 e. The Balaban J connectivity index is 1.67. The Kier molecular flexibility index (Phi) is 4.13. The maximum Gasteiger partial charge on any atom is 0.230 e. The summed E-state index contributed by atoms with van der Waals surface area (Å²) in [6.45, 7) is 8.28. The molecule has 1 aliphatic carbocycles. The molecule has 0 radical (unpaired) electrons. The van der Waals surface area contributed by atoms with Crippen LogP contribution in [0.4, 0.5) is 11.9 Å². The van der Waals surface area contributed by atoms with E-state index in [4.69, 9.17) is 0 Å². The van der Waals surface area contributed by atoms with Crippen LogP contribution >= 0.6 is 0 Å². The maximum absolute atomic E-state index is 12.3. The third-order valence-electron chi connectivity index (χ3n) is 5.04. The molecule has 2 aromatic heterocycles. The molecule has 0 atom stereocenters. The highest BCUT2D eigenvalue weighted by Crippen LogP contribution is 2.34. The quantitative estimate of drug-likeness (QED) is 0.753. The topological polar surface area (TPSA) is 80.7 Å². The Labute approximate surface area is 158 Å². The number of nitrogens with zero attached hydrogens (tertiary/aromatic N) is 4. The molecule has 0 spiro atoms.